The Morgan fingerprint density at radius 1 is 0.545 bits per heavy atom. The summed E-state index contributed by atoms with van der Waals surface area (Å²) in [6, 6.07) is 0. The molecule has 134 valence electrons. The molecule has 0 radical (unpaired) electrons. The number of hydrogen-bond donors (Lipinski definition) is 0. The smallest absolute Gasteiger partial charge is 0.0153 e. The molecule has 0 aliphatic heterocycles. The van der Waals surface area contributed by atoms with Gasteiger partial charge in [-0.05, 0) is 46.2 Å². The topological polar surface area (TPSA) is 3.24 Å². The van der Waals surface area contributed by atoms with Gasteiger partial charge >= 0.3 is 0 Å². The molecule has 0 N–H and O–H groups in total. The quantitative estimate of drug-likeness (QED) is 0.272. The zero-order chi connectivity index (χ0) is 16.7. The average molecular weight is 312 g/mol. The molecular formula is C21H45N. The Bertz CT molecular complexity index is 212. The minimum absolute atomic E-state index is 0.395. The van der Waals surface area contributed by atoms with Crippen LogP contribution in [0.5, 0.6) is 0 Å². The lowest BCUT2D eigenvalue weighted by Crippen LogP contribution is -2.45. The van der Waals surface area contributed by atoms with Crippen molar-refractivity contribution < 1.29 is 0 Å². The molecule has 1 nitrogen and oxygen atoms in total. The van der Waals surface area contributed by atoms with Crippen molar-refractivity contribution in [2.75, 3.05) is 13.1 Å². The maximum atomic E-state index is 2.80. The fourth-order valence-corrected chi connectivity index (χ4v) is 3.32. The van der Waals surface area contributed by atoms with E-state index in [4.69, 9.17) is 0 Å². The molecule has 0 aliphatic rings. The summed E-state index contributed by atoms with van der Waals surface area (Å²) in [6.07, 6.45) is 18.1. The third-order valence-electron chi connectivity index (χ3n) is 5.06. The molecule has 1 heteroatoms. The number of hydrogen-bond acceptors (Lipinski definition) is 1. The second-order valence-corrected chi connectivity index (χ2v) is 7.73. The van der Waals surface area contributed by atoms with E-state index in [-0.39, 0.29) is 0 Å². The highest BCUT2D eigenvalue weighted by atomic mass is 15.2. The monoisotopic (exact) mass is 311 g/mol. The van der Waals surface area contributed by atoms with Crippen LogP contribution < -0.4 is 0 Å². The molecule has 0 heterocycles. The van der Waals surface area contributed by atoms with Crippen LogP contribution in [0.2, 0.25) is 0 Å². The summed E-state index contributed by atoms with van der Waals surface area (Å²) in [5, 5.41) is 0. The molecule has 0 unspecified atom stereocenters. The predicted molar refractivity (Wildman–Crippen MR) is 103 cm³/mol. The predicted octanol–water partition coefficient (Wildman–Crippen LogP) is 7.20. The van der Waals surface area contributed by atoms with E-state index in [1.165, 1.54) is 96.6 Å². The molecule has 0 fully saturated rings. The van der Waals surface area contributed by atoms with Gasteiger partial charge in [0.25, 0.3) is 0 Å². The van der Waals surface area contributed by atoms with Crippen molar-refractivity contribution in [2.45, 2.75) is 124 Å². The highest BCUT2D eigenvalue weighted by Crippen LogP contribution is 2.24. The fraction of sp³-hybridized carbons (Fsp3) is 1.00. The molecule has 0 spiro atoms. The lowest BCUT2D eigenvalue weighted by molar-refractivity contribution is 0.103. The van der Waals surface area contributed by atoms with Crippen LogP contribution in [-0.2, 0) is 0 Å². The maximum Gasteiger partial charge on any atom is 0.0153 e. The van der Waals surface area contributed by atoms with Crippen LogP contribution in [0, 0.1) is 0 Å². The molecule has 0 saturated carbocycles. The van der Waals surface area contributed by atoms with Gasteiger partial charge in [-0.3, -0.25) is 4.90 Å². The van der Waals surface area contributed by atoms with Gasteiger partial charge in [0.2, 0.25) is 0 Å². The summed E-state index contributed by atoms with van der Waals surface area (Å²) in [5.74, 6) is 0. The number of rotatable bonds is 16. The van der Waals surface area contributed by atoms with E-state index in [1.807, 2.05) is 0 Å². The van der Waals surface area contributed by atoms with Gasteiger partial charge in [-0.2, -0.15) is 0 Å². The minimum Gasteiger partial charge on any atom is -0.298 e. The van der Waals surface area contributed by atoms with Crippen LogP contribution in [0.1, 0.15) is 118 Å². The third kappa shape index (κ3) is 11.5. The van der Waals surface area contributed by atoms with Gasteiger partial charge in [-0.15, -0.1) is 0 Å². The standard InChI is InChI=1S/C21H45N/c1-6-9-12-13-14-15-18-21(4,5)22(19-16-10-7-2)20-17-11-8-3/h6-20H2,1-5H3. The molecule has 0 bridgehead atoms. The van der Waals surface area contributed by atoms with Gasteiger partial charge in [-0.1, -0.05) is 85.0 Å². The molecule has 0 aromatic rings. The zero-order valence-electron chi connectivity index (χ0n) is 16.6. The van der Waals surface area contributed by atoms with Crippen LogP contribution >= 0.6 is 0 Å². The summed E-state index contributed by atoms with van der Waals surface area (Å²) in [6.45, 7) is 14.5. The molecule has 0 atom stereocenters. The Balaban J connectivity index is 4.13. The van der Waals surface area contributed by atoms with Crippen LogP contribution in [0.4, 0.5) is 0 Å². The van der Waals surface area contributed by atoms with E-state index in [1.54, 1.807) is 0 Å². The average Bonchev–Trinajstić information content (AvgIpc) is 2.49. The van der Waals surface area contributed by atoms with Gasteiger partial charge in [0.05, 0.1) is 0 Å². The maximum absolute atomic E-state index is 2.80. The summed E-state index contributed by atoms with van der Waals surface area (Å²) in [4.78, 5) is 2.80. The summed E-state index contributed by atoms with van der Waals surface area (Å²) < 4.78 is 0. The van der Waals surface area contributed by atoms with Crippen LogP contribution in [0.15, 0.2) is 0 Å². The third-order valence-corrected chi connectivity index (χ3v) is 5.06. The lowest BCUT2D eigenvalue weighted by Gasteiger charge is -2.39. The minimum atomic E-state index is 0.395. The van der Waals surface area contributed by atoms with Gasteiger partial charge in [-0.25, -0.2) is 0 Å². The van der Waals surface area contributed by atoms with E-state index < -0.39 is 0 Å². The van der Waals surface area contributed by atoms with Gasteiger partial charge in [0.1, 0.15) is 0 Å². The fourth-order valence-electron chi connectivity index (χ4n) is 3.32. The molecular weight excluding hydrogens is 266 g/mol. The highest BCUT2D eigenvalue weighted by Gasteiger charge is 2.25. The molecule has 0 amide bonds. The summed E-state index contributed by atoms with van der Waals surface area (Å²) in [5.41, 5.74) is 0.395. The molecule has 0 saturated heterocycles. The number of unbranched alkanes of at least 4 members (excludes halogenated alkanes) is 9. The van der Waals surface area contributed by atoms with Crippen molar-refractivity contribution in [1.82, 2.24) is 4.90 Å². The Morgan fingerprint density at radius 2 is 0.955 bits per heavy atom. The number of nitrogens with zero attached hydrogens (tertiary/aromatic N) is 1. The van der Waals surface area contributed by atoms with E-state index >= 15 is 0 Å². The summed E-state index contributed by atoms with van der Waals surface area (Å²) >= 11 is 0. The Labute approximate surface area is 142 Å². The second kappa shape index (κ2) is 14.5. The Hall–Kier alpha value is -0.0400. The van der Waals surface area contributed by atoms with E-state index in [0.717, 1.165) is 0 Å². The highest BCUT2D eigenvalue weighted by molar-refractivity contribution is 4.81. The van der Waals surface area contributed by atoms with Crippen LogP contribution in [0.3, 0.4) is 0 Å². The van der Waals surface area contributed by atoms with E-state index in [2.05, 4.69) is 39.5 Å². The van der Waals surface area contributed by atoms with Crippen LogP contribution in [-0.4, -0.2) is 23.5 Å². The molecule has 0 aromatic carbocycles. The molecule has 22 heavy (non-hydrogen) atoms. The molecule has 0 aromatic heterocycles. The molecule has 0 rings (SSSR count). The van der Waals surface area contributed by atoms with Crippen LogP contribution in [0.25, 0.3) is 0 Å². The first-order valence-corrected chi connectivity index (χ1v) is 10.3. The first-order valence-electron chi connectivity index (χ1n) is 10.3. The second-order valence-electron chi connectivity index (χ2n) is 7.73. The zero-order valence-corrected chi connectivity index (χ0v) is 16.6. The van der Waals surface area contributed by atoms with Crippen molar-refractivity contribution >= 4 is 0 Å². The van der Waals surface area contributed by atoms with Gasteiger partial charge < -0.3 is 0 Å². The SMILES string of the molecule is CCCCCCCCC(C)(C)N(CCCCC)CCCCC. The Morgan fingerprint density at radius 3 is 1.45 bits per heavy atom. The van der Waals surface area contributed by atoms with Gasteiger partial charge in [0, 0.05) is 5.54 Å². The van der Waals surface area contributed by atoms with Gasteiger partial charge in [0.15, 0.2) is 0 Å². The van der Waals surface area contributed by atoms with Crippen molar-refractivity contribution in [3.63, 3.8) is 0 Å². The first kappa shape index (κ1) is 22.0. The van der Waals surface area contributed by atoms with E-state index in [9.17, 15) is 0 Å². The van der Waals surface area contributed by atoms with Crippen molar-refractivity contribution in [1.29, 1.82) is 0 Å². The van der Waals surface area contributed by atoms with Crippen molar-refractivity contribution in [2.24, 2.45) is 0 Å². The van der Waals surface area contributed by atoms with E-state index in [0.29, 0.717) is 5.54 Å². The van der Waals surface area contributed by atoms with Crippen molar-refractivity contribution in [3.8, 4) is 0 Å². The first-order chi connectivity index (χ1) is 10.6. The van der Waals surface area contributed by atoms with Crippen molar-refractivity contribution in [3.05, 3.63) is 0 Å². The normalized spacial score (nSPS) is 12.3. The largest absolute Gasteiger partial charge is 0.298 e. The molecule has 0 aliphatic carbocycles. The Kier molecular flexibility index (Phi) is 14.5. The summed E-state index contributed by atoms with van der Waals surface area (Å²) in [7, 11) is 0. The lowest BCUT2D eigenvalue weighted by atomic mass is 9.93.